The summed E-state index contributed by atoms with van der Waals surface area (Å²) >= 11 is 0. The van der Waals surface area contributed by atoms with Gasteiger partial charge in [-0.1, -0.05) is 12.1 Å². The molecule has 0 bridgehead atoms. The van der Waals surface area contributed by atoms with E-state index >= 15 is 0 Å². The van der Waals surface area contributed by atoms with Crippen LogP contribution in [-0.4, -0.2) is 44.6 Å². The van der Waals surface area contributed by atoms with Gasteiger partial charge in [-0.3, -0.25) is 4.79 Å². The number of para-hydroxylation sites is 2. The molecule has 5 rings (SSSR count). The van der Waals surface area contributed by atoms with Crippen molar-refractivity contribution in [3.05, 3.63) is 42.5 Å². The molecule has 2 fully saturated rings. The maximum absolute atomic E-state index is 12.4. The van der Waals surface area contributed by atoms with Gasteiger partial charge in [0.05, 0.1) is 17.6 Å². The third-order valence-corrected chi connectivity index (χ3v) is 6.62. The van der Waals surface area contributed by atoms with Crippen LogP contribution in [0.5, 0.6) is 0 Å². The molecule has 8 heteroatoms. The van der Waals surface area contributed by atoms with Gasteiger partial charge in [0.2, 0.25) is 5.91 Å². The molecular weight excluding hydrogens is 402 g/mol. The summed E-state index contributed by atoms with van der Waals surface area (Å²) in [5.74, 6) is 3.50. The summed E-state index contributed by atoms with van der Waals surface area (Å²) in [7, 11) is 1.99. The van der Waals surface area contributed by atoms with Crippen molar-refractivity contribution in [1.29, 1.82) is 0 Å². The highest BCUT2D eigenvalue weighted by Crippen LogP contribution is 2.28. The number of nitrogens with one attached hydrogen (secondary N) is 2. The Hall–Kier alpha value is -3.16. The number of benzene rings is 1. The number of fused-ring (bicyclic) bond motifs is 1. The summed E-state index contributed by atoms with van der Waals surface area (Å²) in [4.78, 5) is 28.2. The molecule has 0 unspecified atom stereocenters. The lowest BCUT2D eigenvalue weighted by atomic mass is 9.92. The first-order valence-corrected chi connectivity index (χ1v) is 11.7. The Morgan fingerprint density at radius 2 is 1.94 bits per heavy atom. The van der Waals surface area contributed by atoms with Crippen LogP contribution in [0, 0.1) is 5.92 Å². The Balaban J connectivity index is 1.06. The highest BCUT2D eigenvalue weighted by Gasteiger charge is 2.23. The van der Waals surface area contributed by atoms with Crippen LogP contribution in [-0.2, 0) is 18.4 Å². The summed E-state index contributed by atoms with van der Waals surface area (Å²) in [6.45, 7) is 2.42. The Morgan fingerprint density at radius 1 is 1.12 bits per heavy atom. The molecule has 3 aromatic rings. The van der Waals surface area contributed by atoms with Gasteiger partial charge in [-0.15, -0.1) is 0 Å². The number of piperidine rings is 1. The minimum atomic E-state index is 0.103. The largest absolute Gasteiger partial charge is 0.367 e. The second kappa shape index (κ2) is 9.14. The van der Waals surface area contributed by atoms with Crippen molar-refractivity contribution < 1.29 is 4.79 Å². The van der Waals surface area contributed by atoms with E-state index in [0.29, 0.717) is 24.9 Å². The highest BCUT2D eigenvalue weighted by atomic mass is 16.1. The van der Waals surface area contributed by atoms with E-state index in [9.17, 15) is 4.79 Å². The molecule has 2 aliphatic rings. The summed E-state index contributed by atoms with van der Waals surface area (Å²) in [6.07, 6.45) is 7.80. The summed E-state index contributed by atoms with van der Waals surface area (Å²) in [5, 5.41) is 6.49. The predicted octanol–water partition coefficient (Wildman–Crippen LogP) is 3.25. The first kappa shape index (κ1) is 20.7. The van der Waals surface area contributed by atoms with Crippen LogP contribution in [0.2, 0.25) is 0 Å². The van der Waals surface area contributed by atoms with Crippen LogP contribution < -0.4 is 15.5 Å². The number of rotatable bonds is 8. The quantitative estimate of drug-likeness (QED) is 0.567. The first-order valence-electron chi connectivity index (χ1n) is 11.7. The van der Waals surface area contributed by atoms with E-state index in [-0.39, 0.29) is 5.91 Å². The number of anilines is 2. The SMILES string of the molecule is Cn1c(CNC(=O)CCC2CCN(c3cc(NC4CC4)ncn3)CC2)nc2ccccc21. The van der Waals surface area contributed by atoms with Crippen molar-refractivity contribution in [3.63, 3.8) is 0 Å². The molecule has 1 saturated carbocycles. The molecule has 0 spiro atoms. The van der Waals surface area contributed by atoms with Gasteiger partial charge in [-0.2, -0.15) is 0 Å². The number of hydrogen-bond donors (Lipinski definition) is 2. The number of carbonyl (C=O) groups is 1. The van der Waals surface area contributed by atoms with E-state index < -0.39 is 0 Å². The lowest BCUT2D eigenvalue weighted by molar-refractivity contribution is -0.121. The Morgan fingerprint density at radius 3 is 2.72 bits per heavy atom. The van der Waals surface area contributed by atoms with E-state index in [1.807, 2.05) is 35.9 Å². The van der Waals surface area contributed by atoms with Gasteiger partial charge in [0.1, 0.15) is 23.8 Å². The minimum Gasteiger partial charge on any atom is -0.367 e. The van der Waals surface area contributed by atoms with Gasteiger partial charge < -0.3 is 20.1 Å². The first-order chi connectivity index (χ1) is 15.7. The fourth-order valence-electron chi connectivity index (χ4n) is 4.44. The molecule has 1 amide bonds. The molecule has 0 atom stereocenters. The van der Waals surface area contributed by atoms with E-state index in [4.69, 9.17) is 0 Å². The zero-order valence-electron chi connectivity index (χ0n) is 18.6. The molecule has 2 aromatic heterocycles. The van der Waals surface area contributed by atoms with Crippen LogP contribution in [0.15, 0.2) is 36.7 Å². The van der Waals surface area contributed by atoms with E-state index in [1.165, 1.54) is 12.8 Å². The van der Waals surface area contributed by atoms with Gasteiger partial charge >= 0.3 is 0 Å². The van der Waals surface area contributed by atoms with Crippen molar-refractivity contribution in [1.82, 2.24) is 24.8 Å². The number of carbonyl (C=O) groups excluding carboxylic acids is 1. The van der Waals surface area contributed by atoms with Crippen molar-refractivity contribution >= 4 is 28.6 Å². The summed E-state index contributed by atoms with van der Waals surface area (Å²) < 4.78 is 2.05. The number of aromatic nitrogens is 4. The standard InChI is InChI=1S/C24H31N7O/c1-30-20-5-3-2-4-19(20)29-23(30)15-25-24(32)9-6-17-10-12-31(13-11-17)22-14-21(26-16-27-22)28-18-7-8-18/h2-5,14,16-18H,6-13,15H2,1H3,(H,25,32)(H,26,27,28). The van der Waals surface area contributed by atoms with Gasteiger partial charge in [0, 0.05) is 38.7 Å². The number of hydrogen-bond acceptors (Lipinski definition) is 6. The normalized spacial score (nSPS) is 17.0. The van der Waals surface area contributed by atoms with E-state index in [1.54, 1.807) is 6.33 Å². The Kier molecular flexibility index (Phi) is 5.92. The Bertz CT molecular complexity index is 1080. The number of aryl methyl sites for hydroxylation is 1. The fourth-order valence-corrected chi connectivity index (χ4v) is 4.44. The van der Waals surface area contributed by atoms with Gasteiger partial charge in [0.15, 0.2) is 0 Å². The third-order valence-electron chi connectivity index (χ3n) is 6.62. The molecule has 8 nitrogen and oxygen atoms in total. The molecule has 168 valence electrons. The molecular formula is C24H31N7O. The number of imidazole rings is 1. The minimum absolute atomic E-state index is 0.103. The zero-order valence-corrected chi connectivity index (χ0v) is 18.6. The predicted molar refractivity (Wildman–Crippen MR) is 125 cm³/mol. The van der Waals surface area contributed by atoms with Crippen molar-refractivity contribution in [2.75, 3.05) is 23.3 Å². The fraction of sp³-hybridized carbons (Fsp3) is 0.500. The maximum Gasteiger partial charge on any atom is 0.220 e. The number of nitrogens with zero attached hydrogens (tertiary/aromatic N) is 5. The van der Waals surface area contributed by atoms with Crippen LogP contribution >= 0.6 is 0 Å². The molecule has 32 heavy (non-hydrogen) atoms. The monoisotopic (exact) mass is 433 g/mol. The molecule has 1 aliphatic carbocycles. The highest BCUT2D eigenvalue weighted by molar-refractivity contribution is 5.77. The molecule has 1 saturated heterocycles. The van der Waals surface area contributed by atoms with Crippen molar-refractivity contribution in [2.24, 2.45) is 13.0 Å². The topological polar surface area (TPSA) is 88.0 Å². The summed E-state index contributed by atoms with van der Waals surface area (Å²) in [5.41, 5.74) is 2.05. The average Bonchev–Trinajstić information content (AvgIpc) is 3.58. The van der Waals surface area contributed by atoms with E-state index in [2.05, 4.69) is 36.6 Å². The Labute approximate surface area is 188 Å². The zero-order chi connectivity index (χ0) is 21.9. The molecule has 1 aliphatic heterocycles. The molecule has 0 radical (unpaired) electrons. The van der Waals surface area contributed by atoms with E-state index in [0.717, 1.165) is 60.8 Å². The smallest absolute Gasteiger partial charge is 0.220 e. The van der Waals surface area contributed by atoms with Gasteiger partial charge in [-0.25, -0.2) is 15.0 Å². The third kappa shape index (κ3) is 4.84. The van der Waals surface area contributed by atoms with Crippen LogP contribution in [0.1, 0.15) is 44.3 Å². The maximum atomic E-state index is 12.4. The average molecular weight is 434 g/mol. The van der Waals surface area contributed by atoms with Gasteiger partial charge in [-0.05, 0) is 50.2 Å². The molecule has 3 heterocycles. The summed E-state index contributed by atoms with van der Waals surface area (Å²) in [6, 6.07) is 10.7. The van der Waals surface area contributed by atoms with Crippen LogP contribution in [0.4, 0.5) is 11.6 Å². The van der Waals surface area contributed by atoms with Crippen LogP contribution in [0.25, 0.3) is 11.0 Å². The van der Waals surface area contributed by atoms with Crippen LogP contribution in [0.3, 0.4) is 0 Å². The molecule has 2 N–H and O–H groups in total. The van der Waals surface area contributed by atoms with Crippen molar-refractivity contribution in [3.8, 4) is 0 Å². The number of amides is 1. The second-order valence-corrected chi connectivity index (χ2v) is 9.00. The van der Waals surface area contributed by atoms with Gasteiger partial charge in [0.25, 0.3) is 0 Å². The molecule has 1 aromatic carbocycles. The lowest BCUT2D eigenvalue weighted by Crippen LogP contribution is -2.35. The lowest BCUT2D eigenvalue weighted by Gasteiger charge is -2.32. The second-order valence-electron chi connectivity index (χ2n) is 9.00. The van der Waals surface area contributed by atoms with Crippen molar-refractivity contribution in [2.45, 2.75) is 51.1 Å².